The lowest BCUT2D eigenvalue weighted by molar-refractivity contribution is -0.132. The molecule has 7 nitrogen and oxygen atoms in total. The minimum atomic E-state index is -0.293. The van der Waals surface area contributed by atoms with Crippen LogP contribution in [0, 0.1) is 0 Å². The lowest BCUT2D eigenvalue weighted by atomic mass is 10.2. The number of hydrogen-bond donors (Lipinski definition) is 1. The van der Waals surface area contributed by atoms with Gasteiger partial charge in [0.25, 0.3) is 5.91 Å². The molecule has 0 atom stereocenters. The van der Waals surface area contributed by atoms with Gasteiger partial charge in [-0.3, -0.25) is 14.5 Å². The van der Waals surface area contributed by atoms with Gasteiger partial charge in [-0.05, 0) is 24.3 Å². The molecule has 0 spiro atoms. The molecule has 0 saturated carbocycles. The number of carbonyl (C=O) groups excluding carboxylic acids is 2. The van der Waals surface area contributed by atoms with Gasteiger partial charge < -0.3 is 14.6 Å². The van der Waals surface area contributed by atoms with Gasteiger partial charge in [-0.15, -0.1) is 11.3 Å². The number of hydrogen-bond acceptors (Lipinski definition) is 6. The Bertz CT molecular complexity index is 912. The van der Waals surface area contributed by atoms with Crippen LogP contribution in [0.3, 0.4) is 0 Å². The van der Waals surface area contributed by atoms with E-state index in [1.807, 2.05) is 23.1 Å². The molecule has 0 radical (unpaired) electrons. The molecule has 3 aromatic rings. The van der Waals surface area contributed by atoms with E-state index in [1.165, 1.54) is 11.0 Å². The summed E-state index contributed by atoms with van der Waals surface area (Å²) in [7, 11) is 0. The first-order valence-corrected chi connectivity index (χ1v) is 10.2. The molecular weight excluding hydrogens is 376 g/mol. The topological polar surface area (TPSA) is 78.7 Å². The summed E-state index contributed by atoms with van der Waals surface area (Å²) in [5, 5.41) is 3.82. The monoisotopic (exact) mass is 398 g/mol. The molecule has 4 rings (SSSR count). The second-order valence-electron chi connectivity index (χ2n) is 6.72. The van der Waals surface area contributed by atoms with Crippen LogP contribution >= 0.6 is 11.3 Å². The average Bonchev–Trinajstić information content (AvgIpc) is 3.38. The molecule has 2 amide bonds. The highest BCUT2D eigenvalue weighted by molar-refractivity contribution is 7.18. The number of fused-ring (bicyclic) bond motifs is 1. The Morgan fingerprint density at radius 3 is 2.68 bits per heavy atom. The summed E-state index contributed by atoms with van der Waals surface area (Å²) in [4.78, 5) is 33.1. The van der Waals surface area contributed by atoms with Crippen molar-refractivity contribution in [2.24, 2.45) is 0 Å². The number of furan rings is 1. The van der Waals surface area contributed by atoms with Crippen LogP contribution in [0.25, 0.3) is 10.2 Å². The number of benzene rings is 1. The minimum absolute atomic E-state index is 0.0689. The number of rotatable bonds is 6. The Hall–Kier alpha value is -2.71. The number of aromatic nitrogens is 1. The van der Waals surface area contributed by atoms with E-state index in [0.717, 1.165) is 30.2 Å². The summed E-state index contributed by atoms with van der Waals surface area (Å²) in [5.41, 5.74) is 1.05. The van der Waals surface area contributed by atoms with Crippen LogP contribution in [0.2, 0.25) is 0 Å². The van der Waals surface area contributed by atoms with Crippen molar-refractivity contribution in [3.63, 3.8) is 0 Å². The average molecular weight is 398 g/mol. The lowest BCUT2D eigenvalue weighted by Crippen LogP contribution is -2.48. The van der Waals surface area contributed by atoms with Gasteiger partial charge in [-0.1, -0.05) is 12.1 Å². The molecular formula is C20H22N4O3S. The van der Waals surface area contributed by atoms with Crippen LogP contribution in [-0.4, -0.2) is 59.3 Å². The molecule has 1 aromatic carbocycles. The van der Waals surface area contributed by atoms with Gasteiger partial charge in [0.15, 0.2) is 5.76 Å². The van der Waals surface area contributed by atoms with Gasteiger partial charge in [0.2, 0.25) is 5.91 Å². The van der Waals surface area contributed by atoms with E-state index in [1.54, 1.807) is 23.5 Å². The molecule has 1 aliphatic rings. The predicted molar refractivity (Wildman–Crippen MR) is 107 cm³/mol. The van der Waals surface area contributed by atoms with Crippen molar-refractivity contribution in [2.45, 2.75) is 13.0 Å². The maximum Gasteiger partial charge on any atom is 0.286 e. The summed E-state index contributed by atoms with van der Waals surface area (Å²) in [6.07, 6.45) is 1.75. The normalized spacial score (nSPS) is 15.1. The van der Waals surface area contributed by atoms with E-state index in [-0.39, 0.29) is 17.6 Å². The fourth-order valence-electron chi connectivity index (χ4n) is 3.27. The van der Waals surface area contributed by atoms with Gasteiger partial charge in [0, 0.05) is 39.1 Å². The third-order valence-electron chi connectivity index (χ3n) is 4.79. The van der Waals surface area contributed by atoms with Crippen LogP contribution in [-0.2, 0) is 11.3 Å². The molecule has 2 aromatic heterocycles. The van der Waals surface area contributed by atoms with Crippen molar-refractivity contribution in [2.75, 3.05) is 32.7 Å². The summed E-state index contributed by atoms with van der Waals surface area (Å²) >= 11 is 1.73. The maximum absolute atomic E-state index is 12.4. The molecule has 0 unspecified atom stereocenters. The largest absolute Gasteiger partial charge is 0.459 e. The third-order valence-corrected chi connectivity index (χ3v) is 5.81. The van der Waals surface area contributed by atoms with E-state index in [4.69, 9.17) is 4.42 Å². The van der Waals surface area contributed by atoms with Crippen molar-refractivity contribution >= 4 is 33.4 Å². The van der Waals surface area contributed by atoms with Gasteiger partial charge >= 0.3 is 0 Å². The molecule has 8 heteroatoms. The maximum atomic E-state index is 12.4. The molecule has 1 fully saturated rings. The number of carbonyl (C=O) groups is 2. The number of nitrogens with one attached hydrogen (secondary N) is 1. The van der Waals surface area contributed by atoms with Crippen molar-refractivity contribution in [3.05, 3.63) is 53.4 Å². The highest BCUT2D eigenvalue weighted by atomic mass is 32.1. The van der Waals surface area contributed by atoms with Crippen LogP contribution in [0.15, 0.2) is 47.1 Å². The van der Waals surface area contributed by atoms with Gasteiger partial charge in [-0.2, -0.15) is 0 Å². The Morgan fingerprint density at radius 2 is 1.93 bits per heavy atom. The minimum Gasteiger partial charge on any atom is -0.459 e. The summed E-state index contributed by atoms with van der Waals surface area (Å²) in [6, 6.07) is 11.4. The number of piperazine rings is 1. The smallest absolute Gasteiger partial charge is 0.286 e. The molecule has 1 N–H and O–H groups in total. The molecule has 28 heavy (non-hydrogen) atoms. The highest BCUT2D eigenvalue weighted by Crippen LogP contribution is 2.23. The Labute approximate surface area is 166 Å². The highest BCUT2D eigenvalue weighted by Gasteiger charge is 2.22. The van der Waals surface area contributed by atoms with Crippen molar-refractivity contribution in [3.8, 4) is 0 Å². The number of nitrogens with zero attached hydrogens (tertiary/aromatic N) is 3. The third kappa shape index (κ3) is 4.40. The van der Waals surface area contributed by atoms with Crippen LogP contribution in [0.5, 0.6) is 0 Å². The van der Waals surface area contributed by atoms with Crippen molar-refractivity contribution < 1.29 is 14.0 Å². The molecule has 3 heterocycles. The fourth-order valence-corrected chi connectivity index (χ4v) is 4.28. The first-order valence-electron chi connectivity index (χ1n) is 9.35. The summed E-state index contributed by atoms with van der Waals surface area (Å²) < 4.78 is 6.24. The zero-order valence-corrected chi connectivity index (χ0v) is 16.3. The first-order chi connectivity index (χ1) is 13.7. The quantitative estimate of drug-likeness (QED) is 0.690. The van der Waals surface area contributed by atoms with E-state index >= 15 is 0 Å². The van der Waals surface area contributed by atoms with Gasteiger partial charge in [0.05, 0.1) is 23.0 Å². The van der Waals surface area contributed by atoms with Gasteiger partial charge in [-0.25, -0.2) is 4.98 Å². The standard InChI is InChI=1S/C20H22N4O3S/c25-19(7-8-21-20(26)16-5-3-13-27-16)24-11-9-23(10-12-24)14-18-22-15-4-1-2-6-17(15)28-18/h1-6,13H,7-12,14H2,(H,21,26). The van der Waals surface area contributed by atoms with Crippen LogP contribution in [0.1, 0.15) is 22.0 Å². The van der Waals surface area contributed by atoms with Crippen molar-refractivity contribution in [1.82, 2.24) is 20.1 Å². The summed E-state index contributed by atoms with van der Waals surface area (Å²) in [5.74, 6) is 0.0359. The zero-order chi connectivity index (χ0) is 19.3. The SMILES string of the molecule is O=C(NCCC(=O)N1CCN(Cc2nc3ccccc3s2)CC1)c1ccco1. The van der Waals surface area contributed by atoms with E-state index in [9.17, 15) is 9.59 Å². The Morgan fingerprint density at radius 1 is 1.11 bits per heavy atom. The van der Waals surface area contributed by atoms with Crippen LogP contribution in [0.4, 0.5) is 0 Å². The second kappa shape index (κ2) is 8.53. The van der Waals surface area contributed by atoms with E-state index in [0.29, 0.717) is 26.1 Å². The van der Waals surface area contributed by atoms with E-state index in [2.05, 4.69) is 21.3 Å². The molecule has 0 bridgehead atoms. The van der Waals surface area contributed by atoms with Gasteiger partial charge in [0.1, 0.15) is 5.01 Å². The number of thiazole rings is 1. The molecule has 1 saturated heterocycles. The predicted octanol–water partition coefficient (Wildman–Crippen LogP) is 2.35. The number of para-hydroxylation sites is 1. The number of amides is 2. The Balaban J connectivity index is 1.20. The molecule has 1 aliphatic heterocycles. The first kappa shape index (κ1) is 18.6. The van der Waals surface area contributed by atoms with Crippen LogP contribution < -0.4 is 5.32 Å². The lowest BCUT2D eigenvalue weighted by Gasteiger charge is -2.34. The zero-order valence-electron chi connectivity index (χ0n) is 15.5. The molecule has 0 aliphatic carbocycles. The summed E-state index contributed by atoms with van der Waals surface area (Å²) in [6.45, 7) is 4.21. The van der Waals surface area contributed by atoms with E-state index < -0.39 is 0 Å². The fraction of sp³-hybridized carbons (Fsp3) is 0.350. The Kier molecular flexibility index (Phi) is 5.68. The second-order valence-corrected chi connectivity index (χ2v) is 7.83. The molecule has 146 valence electrons. The van der Waals surface area contributed by atoms with Crippen molar-refractivity contribution in [1.29, 1.82) is 0 Å².